The lowest BCUT2D eigenvalue weighted by Gasteiger charge is -2.27. The van der Waals surface area contributed by atoms with Crippen LogP contribution in [0.1, 0.15) is 50.5 Å². The topological polar surface area (TPSA) is 61.4 Å². The van der Waals surface area contributed by atoms with Crippen LogP contribution in [0.4, 0.5) is 18.9 Å². The molecule has 2 amide bonds. The molecule has 0 bridgehead atoms. The van der Waals surface area contributed by atoms with Gasteiger partial charge in [-0.3, -0.25) is 20.4 Å². The molecule has 1 saturated heterocycles. The predicted octanol–water partition coefficient (Wildman–Crippen LogP) is 3.72. The summed E-state index contributed by atoms with van der Waals surface area (Å²) in [4.78, 5) is 26.5. The van der Waals surface area contributed by atoms with Gasteiger partial charge < -0.3 is 4.90 Å². The van der Waals surface area contributed by atoms with Gasteiger partial charge in [0.2, 0.25) is 11.8 Å². The van der Waals surface area contributed by atoms with Gasteiger partial charge in [0.15, 0.2) is 0 Å². The summed E-state index contributed by atoms with van der Waals surface area (Å²) in [6.07, 6.45) is 2.22. The van der Waals surface area contributed by atoms with E-state index < -0.39 is 17.7 Å². The Morgan fingerprint density at radius 3 is 2.48 bits per heavy atom. The van der Waals surface area contributed by atoms with E-state index >= 15 is 0 Å². The highest BCUT2D eigenvalue weighted by Gasteiger charge is 2.38. The number of carbonyl (C=O) groups excluding carboxylic acids is 2. The third-order valence-electron chi connectivity index (χ3n) is 5.31. The van der Waals surface area contributed by atoms with Crippen molar-refractivity contribution in [2.45, 2.75) is 57.2 Å². The molecule has 2 fully saturated rings. The minimum absolute atomic E-state index is 0.0129. The first-order valence-corrected chi connectivity index (χ1v) is 9.37. The third-order valence-corrected chi connectivity index (χ3v) is 5.31. The first kappa shape index (κ1) is 19.5. The van der Waals surface area contributed by atoms with E-state index in [2.05, 4.69) is 10.9 Å². The number of halogens is 3. The predicted molar refractivity (Wildman–Crippen MR) is 94.5 cm³/mol. The van der Waals surface area contributed by atoms with Crippen molar-refractivity contribution in [2.75, 3.05) is 12.0 Å². The summed E-state index contributed by atoms with van der Waals surface area (Å²) in [5, 5.41) is 0. The smallest absolute Gasteiger partial charge is 0.339 e. The van der Waals surface area contributed by atoms with Gasteiger partial charge in [-0.2, -0.15) is 13.2 Å². The SMILES string of the molecule is O=C(NNc1cccc(C(F)(F)F)c1)C1CC(=O)N(C2CCCCCC2)C1. The molecule has 1 aromatic carbocycles. The normalized spacial score (nSPS) is 21.8. The van der Waals surface area contributed by atoms with Crippen molar-refractivity contribution < 1.29 is 22.8 Å². The number of benzene rings is 1. The highest BCUT2D eigenvalue weighted by atomic mass is 19.4. The first-order valence-electron chi connectivity index (χ1n) is 9.37. The Morgan fingerprint density at radius 2 is 1.81 bits per heavy atom. The first-order chi connectivity index (χ1) is 12.8. The fourth-order valence-electron chi connectivity index (χ4n) is 3.84. The lowest BCUT2D eigenvalue weighted by molar-refractivity contribution is -0.137. The van der Waals surface area contributed by atoms with Gasteiger partial charge in [-0.15, -0.1) is 0 Å². The molecule has 27 heavy (non-hydrogen) atoms. The Kier molecular flexibility index (Phi) is 5.92. The van der Waals surface area contributed by atoms with E-state index in [1.54, 1.807) is 0 Å². The number of hydrogen-bond donors (Lipinski definition) is 2. The zero-order valence-corrected chi connectivity index (χ0v) is 15.0. The number of hydrazine groups is 1. The van der Waals surface area contributed by atoms with Gasteiger partial charge in [0.1, 0.15) is 0 Å². The van der Waals surface area contributed by atoms with Gasteiger partial charge in [0, 0.05) is 19.0 Å². The van der Waals surface area contributed by atoms with Crippen molar-refractivity contribution in [3.8, 4) is 0 Å². The number of likely N-dealkylation sites (tertiary alicyclic amines) is 1. The molecule has 2 aliphatic rings. The van der Waals surface area contributed by atoms with E-state index in [0.717, 1.165) is 37.8 Å². The van der Waals surface area contributed by atoms with Crippen LogP contribution in [-0.4, -0.2) is 29.3 Å². The quantitative estimate of drug-likeness (QED) is 0.615. The van der Waals surface area contributed by atoms with E-state index in [4.69, 9.17) is 0 Å². The number of carbonyl (C=O) groups is 2. The summed E-state index contributed by atoms with van der Waals surface area (Å²) in [7, 11) is 0. The van der Waals surface area contributed by atoms with Crippen LogP contribution < -0.4 is 10.9 Å². The maximum atomic E-state index is 12.7. The van der Waals surface area contributed by atoms with Crippen molar-refractivity contribution in [3.63, 3.8) is 0 Å². The molecule has 5 nitrogen and oxygen atoms in total. The molecule has 0 radical (unpaired) electrons. The maximum absolute atomic E-state index is 12.7. The van der Waals surface area contributed by atoms with Crippen LogP contribution in [0.5, 0.6) is 0 Å². The van der Waals surface area contributed by atoms with Gasteiger partial charge >= 0.3 is 6.18 Å². The van der Waals surface area contributed by atoms with Crippen molar-refractivity contribution in [3.05, 3.63) is 29.8 Å². The number of alkyl halides is 3. The molecule has 0 aromatic heterocycles. The number of nitrogens with one attached hydrogen (secondary N) is 2. The average molecular weight is 383 g/mol. The van der Waals surface area contributed by atoms with Crippen molar-refractivity contribution in [1.82, 2.24) is 10.3 Å². The minimum Gasteiger partial charge on any atom is -0.339 e. The van der Waals surface area contributed by atoms with Crippen LogP contribution in [0.2, 0.25) is 0 Å². The van der Waals surface area contributed by atoms with Gasteiger partial charge in [-0.05, 0) is 31.0 Å². The molecule has 3 rings (SSSR count). The molecule has 148 valence electrons. The highest BCUT2D eigenvalue weighted by molar-refractivity contribution is 5.89. The van der Waals surface area contributed by atoms with Crippen LogP contribution in [0, 0.1) is 5.92 Å². The summed E-state index contributed by atoms with van der Waals surface area (Å²) in [6.45, 7) is 0.375. The second-order valence-electron chi connectivity index (χ2n) is 7.29. The van der Waals surface area contributed by atoms with E-state index in [9.17, 15) is 22.8 Å². The minimum atomic E-state index is -4.45. The van der Waals surface area contributed by atoms with Gasteiger partial charge in [-0.25, -0.2) is 0 Å². The maximum Gasteiger partial charge on any atom is 0.416 e. The summed E-state index contributed by atoms with van der Waals surface area (Å²) in [6, 6.07) is 4.80. The van der Waals surface area contributed by atoms with Gasteiger partial charge in [0.05, 0.1) is 17.2 Å². The fraction of sp³-hybridized carbons (Fsp3) is 0.579. The molecule has 1 atom stereocenters. The second-order valence-corrected chi connectivity index (χ2v) is 7.29. The fourth-order valence-corrected chi connectivity index (χ4v) is 3.84. The van der Waals surface area contributed by atoms with Crippen molar-refractivity contribution in [2.24, 2.45) is 5.92 Å². The van der Waals surface area contributed by atoms with Crippen molar-refractivity contribution >= 4 is 17.5 Å². The van der Waals surface area contributed by atoms with Crippen LogP contribution in [0.25, 0.3) is 0 Å². The lowest BCUT2D eigenvalue weighted by atomic mass is 10.1. The molecule has 1 aliphatic carbocycles. The lowest BCUT2D eigenvalue weighted by Crippen LogP contribution is -2.39. The third kappa shape index (κ3) is 4.93. The molecule has 0 spiro atoms. The Hall–Kier alpha value is -2.25. The molecule has 8 heteroatoms. The van der Waals surface area contributed by atoms with Crippen LogP contribution in [0.15, 0.2) is 24.3 Å². The summed E-state index contributed by atoms with van der Waals surface area (Å²) < 4.78 is 38.2. The largest absolute Gasteiger partial charge is 0.416 e. The average Bonchev–Trinajstić information content (AvgIpc) is 2.84. The molecule has 2 N–H and O–H groups in total. The van der Waals surface area contributed by atoms with Crippen molar-refractivity contribution in [1.29, 1.82) is 0 Å². The molecule has 1 aromatic rings. The zero-order chi connectivity index (χ0) is 19.4. The summed E-state index contributed by atoms with van der Waals surface area (Å²) >= 11 is 0. The van der Waals surface area contributed by atoms with Crippen LogP contribution in [-0.2, 0) is 15.8 Å². The number of anilines is 1. The Bertz CT molecular complexity index is 685. The number of hydrogen-bond acceptors (Lipinski definition) is 3. The molecule has 1 heterocycles. The number of rotatable bonds is 4. The Labute approximate surface area is 156 Å². The van der Waals surface area contributed by atoms with Crippen LogP contribution in [0.3, 0.4) is 0 Å². The molecule has 1 saturated carbocycles. The van der Waals surface area contributed by atoms with E-state index in [-0.39, 0.29) is 30.0 Å². The van der Waals surface area contributed by atoms with Gasteiger partial charge in [0.25, 0.3) is 0 Å². The molecular weight excluding hydrogens is 359 g/mol. The molecule has 1 aliphatic heterocycles. The van der Waals surface area contributed by atoms with E-state index in [0.29, 0.717) is 6.54 Å². The van der Waals surface area contributed by atoms with E-state index in [1.807, 2.05) is 4.90 Å². The number of amides is 2. The molecular formula is C19H24F3N3O2. The highest BCUT2D eigenvalue weighted by Crippen LogP contribution is 2.31. The van der Waals surface area contributed by atoms with E-state index in [1.165, 1.54) is 25.0 Å². The van der Waals surface area contributed by atoms with Crippen LogP contribution >= 0.6 is 0 Å². The van der Waals surface area contributed by atoms with Gasteiger partial charge in [-0.1, -0.05) is 31.7 Å². The summed E-state index contributed by atoms with van der Waals surface area (Å²) in [5.41, 5.74) is 4.31. The zero-order valence-electron chi connectivity index (χ0n) is 15.0. The molecule has 1 unspecified atom stereocenters. The number of nitrogens with zero attached hydrogens (tertiary/aromatic N) is 1. The summed E-state index contributed by atoms with van der Waals surface area (Å²) in [5.74, 6) is -0.878. The Morgan fingerprint density at radius 1 is 1.11 bits per heavy atom. The Balaban J connectivity index is 1.55. The second kappa shape index (κ2) is 8.19. The monoisotopic (exact) mass is 383 g/mol. The standard InChI is InChI=1S/C19H24F3N3O2/c20-19(21,22)14-6-5-7-15(11-14)23-24-18(27)13-10-17(26)25(12-13)16-8-3-1-2-4-9-16/h5-7,11,13,16,23H,1-4,8-10,12H2,(H,24,27).